The largest absolute Gasteiger partial charge is 0.464 e. The van der Waals surface area contributed by atoms with E-state index in [2.05, 4.69) is 34.7 Å². The Balaban J connectivity index is 1.89. The quantitative estimate of drug-likeness (QED) is 0.260. The number of ketones is 1. The molecule has 2 aromatic carbocycles. The molecule has 3 aromatic rings. The number of allylic oxidation sites excluding steroid dienone is 1. The van der Waals surface area contributed by atoms with Crippen LogP contribution in [0.5, 0.6) is 0 Å². The maximum absolute atomic E-state index is 13.6. The molecule has 33 heavy (non-hydrogen) atoms. The van der Waals surface area contributed by atoms with E-state index < -0.39 is 22.7 Å². The number of benzene rings is 2. The second-order valence-electron chi connectivity index (χ2n) is 7.71. The number of carbonyl (C=O) groups excluding carboxylic acids is 2. The van der Waals surface area contributed by atoms with Gasteiger partial charge in [0.05, 0.1) is 17.6 Å². The molecule has 1 N–H and O–H groups in total. The van der Waals surface area contributed by atoms with Crippen LogP contribution in [0.3, 0.4) is 0 Å². The summed E-state index contributed by atoms with van der Waals surface area (Å²) >= 11 is 0. The first-order valence-electron chi connectivity index (χ1n) is 10.1. The molecule has 0 spiro atoms. The van der Waals surface area contributed by atoms with E-state index in [-0.39, 0.29) is 28.5 Å². The topological polar surface area (TPSA) is 142 Å². The number of carbonyl (C=O) groups is 2. The number of ether oxygens (including phenoxy) is 1. The summed E-state index contributed by atoms with van der Waals surface area (Å²) in [4.78, 5) is 36.7. The molecule has 11 heteroatoms. The van der Waals surface area contributed by atoms with Gasteiger partial charge in [0, 0.05) is 17.7 Å². The number of tetrazole rings is 1. The van der Waals surface area contributed by atoms with E-state index in [1.165, 1.54) is 36.1 Å². The van der Waals surface area contributed by atoms with Crippen LogP contribution < -0.4 is 5.32 Å². The Labute approximate surface area is 188 Å². The summed E-state index contributed by atoms with van der Waals surface area (Å²) in [5.74, 6) is -0.804. The minimum absolute atomic E-state index is 0.0628. The molecule has 1 atom stereocenters. The van der Waals surface area contributed by atoms with E-state index in [0.717, 1.165) is 5.56 Å². The van der Waals surface area contributed by atoms with Gasteiger partial charge in [0.25, 0.3) is 5.69 Å². The predicted molar refractivity (Wildman–Crippen MR) is 117 cm³/mol. The van der Waals surface area contributed by atoms with E-state index in [1.807, 2.05) is 24.3 Å². The number of hydrogen-bond acceptors (Lipinski definition) is 9. The van der Waals surface area contributed by atoms with Crippen molar-refractivity contribution in [1.82, 2.24) is 20.2 Å². The summed E-state index contributed by atoms with van der Waals surface area (Å²) in [6.07, 6.45) is 0. The van der Waals surface area contributed by atoms with E-state index in [1.54, 1.807) is 0 Å². The van der Waals surface area contributed by atoms with Gasteiger partial charge in [0.15, 0.2) is 5.78 Å². The molecule has 1 aliphatic heterocycles. The Hall–Kier alpha value is -4.41. The summed E-state index contributed by atoms with van der Waals surface area (Å²) in [6, 6.07) is 11.9. The number of hydrogen-bond donors (Lipinski definition) is 1. The van der Waals surface area contributed by atoms with Crippen molar-refractivity contribution in [2.45, 2.75) is 25.8 Å². The van der Waals surface area contributed by atoms with Crippen molar-refractivity contribution >= 4 is 23.4 Å². The lowest BCUT2D eigenvalue weighted by molar-refractivity contribution is -0.384. The Kier molecular flexibility index (Phi) is 5.69. The third-order valence-corrected chi connectivity index (χ3v) is 5.41. The van der Waals surface area contributed by atoms with E-state index in [9.17, 15) is 19.7 Å². The molecule has 0 unspecified atom stereocenters. The lowest BCUT2D eigenvalue weighted by Gasteiger charge is -2.28. The van der Waals surface area contributed by atoms with Crippen LogP contribution in [-0.4, -0.2) is 44.0 Å². The van der Waals surface area contributed by atoms with Gasteiger partial charge in [-0.2, -0.15) is 4.68 Å². The van der Waals surface area contributed by atoms with Crippen molar-refractivity contribution in [3.8, 4) is 0 Å². The number of fused-ring (bicyclic) bond motifs is 1. The van der Waals surface area contributed by atoms with Crippen molar-refractivity contribution in [3.05, 3.63) is 86.6 Å². The average molecular weight is 448 g/mol. The average Bonchev–Trinajstić information content (AvgIpc) is 3.30. The Bertz CT molecular complexity index is 1260. The molecule has 0 amide bonds. The van der Waals surface area contributed by atoms with Gasteiger partial charge >= 0.3 is 5.97 Å². The molecule has 0 bridgehead atoms. The fourth-order valence-electron chi connectivity index (χ4n) is 3.65. The second kappa shape index (κ2) is 8.61. The van der Waals surface area contributed by atoms with Crippen LogP contribution in [0.2, 0.25) is 0 Å². The summed E-state index contributed by atoms with van der Waals surface area (Å²) in [5.41, 5.74) is 1.76. The molecule has 0 saturated heterocycles. The van der Waals surface area contributed by atoms with Gasteiger partial charge in [0.1, 0.15) is 11.7 Å². The zero-order valence-electron chi connectivity index (χ0n) is 18.1. The lowest BCUT2D eigenvalue weighted by Crippen LogP contribution is -2.33. The summed E-state index contributed by atoms with van der Waals surface area (Å²) in [5, 5.41) is 25.4. The minimum Gasteiger partial charge on any atom is -0.464 e. The monoisotopic (exact) mass is 448 g/mol. The number of non-ortho nitro benzene ring substituents is 1. The molecule has 11 nitrogen and oxygen atoms in total. The fraction of sp³-hybridized carbons (Fsp3) is 0.227. The number of nitro benzene ring substituents is 1. The molecule has 1 aromatic heterocycles. The second-order valence-corrected chi connectivity index (χ2v) is 7.71. The number of methoxy groups -OCH3 is 1. The number of rotatable bonds is 6. The molecule has 4 rings (SSSR count). The van der Waals surface area contributed by atoms with Gasteiger partial charge in [-0.05, 0) is 39.6 Å². The Morgan fingerprint density at radius 1 is 1.12 bits per heavy atom. The van der Waals surface area contributed by atoms with Gasteiger partial charge < -0.3 is 10.1 Å². The molecule has 2 heterocycles. The molecule has 0 fully saturated rings. The predicted octanol–water partition coefficient (Wildman–Crippen LogP) is 3.03. The van der Waals surface area contributed by atoms with E-state index in [4.69, 9.17) is 4.74 Å². The highest BCUT2D eigenvalue weighted by Gasteiger charge is 2.38. The number of anilines is 1. The number of nitrogens with zero attached hydrogens (tertiary/aromatic N) is 5. The zero-order chi connectivity index (χ0) is 23.7. The molecular formula is C22H20N6O5. The highest BCUT2D eigenvalue weighted by atomic mass is 16.6. The minimum atomic E-state index is -0.825. The molecule has 0 aliphatic carbocycles. The molecule has 168 valence electrons. The van der Waals surface area contributed by atoms with Crippen LogP contribution >= 0.6 is 0 Å². The lowest BCUT2D eigenvalue weighted by atomic mass is 9.88. The normalized spacial score (nSPS) is 15.1. The molecular weight excluding hydrogens is 428 g/mol. The van der Waals surface area contributed by atoms with Crippen LogP contribution in [0, 0.1) is 10.1 Å². The van der Waals surface area contributed by atoms with Crippen molar-refractivity contribution in [1.29, 1.82) is 0 Å². The molecule has 0 radical (unpaired) electrons. The van der Waals surface area contributed by atoms with Gasteiger partial charge in [-0.25, -0.2) is 4.79 Å². The number of esters is 1. The number of aromatic nitrogens is 4. The van der Waals surface area contributed by atoms with Gasteiger partial charge in [-0.3, -0.25) is 14.9 Å². The summed E-state index contributed by atoms with van der Waals surface area (Å²) < 4.78 is 6.32. The van der Waals surface area contributed by atoms with Crippen LogP contribution in [0.4, 0.5) is 11.6 Å². The first-order valence-corrected chi connectivity index (χ1v) is 10.1. The number of Topliss-reactive ketones (excluding diaryl/α,β-unsaturated/α-hetero) is 1. The van der Waals surface area contributed by atoms with Crippen LogP contribution in [-0.2, 0) is 9.53 Å². The summed E-state index contributed by atoms with van der Waals surface area (Å²) in [7, 11) is 1.20. The Morgan fingerprint density at radius 2 is 1.79 bits per heavy atom. The smallest absolute Gasteiger partial charge is 0.355 e. The first-order chi connectivity index (χ1) is 15.8. The third kappa shape index (κ3) is 3.95. The maximum Gasteiger partial charge on any atom is 0.355 e. The Morgan fingerprint density at radius 3 is 2.36 bits per heavy atom. The SMILES string of the molecule is COC(=O)C1=C(C(=O)c2ccc([N+](=O)[O-])cc2)[C@@H](c2ccc(C(C)C)cc2)n2nnnc2N1. The third-order valence-electron chi connectivity index (χ3n) is 5.41. The number of nitro groups is 1. The van der Waals surface area contributed by atoms with Crippen molar-refractivity contribution in [2.24, 2.45) is 0 Å². The van der Waals surface area contributed by atoms with Crippen molar-refractivity contribution in [3.63, 3.8) is 0 Å². The van der Waals surface area contributed by atoms with Crippen LogP contribution in [0.25, 0.3) is 0 Å². The van der Waals surface area contributed by atoms with Crippen LogP contribution in [0.15, 0.2) is 59.8 Å². The standard InChI is InChI=1S/C22H20N6O5/c1-12(2)13-4-6-14(7-5-13)19-17(20(29)15-8-10-16(11-9-15)28(31)32)18(21(30)33-3)23-22-24-25-26-27(19)22/h4-12,19H,1-3H3,(H,23,24,26)/t19-/m1/s1. The number of nitrogens with one attached hydrogen (secondary N) is 1. The highest BCUT2D eigenvalue weighted by molar-refractivity contribution is 6.15. The van der Waals surface area contributed by atoms with E-state index in [0.29, 0.717) is 11.5 Å². The highest BCUT2D eigenvalue weighted by Crippen LogP contribution is 2.37. The van der Waals surface area contributed by atoms with Gasteiger partial charge in [0.2, 0.25) is 5.95 Å². The summed E-state index contributed by atoms with van der Waals surface area (Å²) in [6.45, 7) is 4.13. The van der Waals surface area contributed by atoms with E-state index >= 15 is 0 Å². The van der Waals surface area contributed by atoms with Gasteiger partial charge in [-0.1, -0.05) is 43.2 Å². The fourth-order valence-corrected chi connectivity index (χ4v) is 3.65. The van der Waals surface area contributed by atoms with Gasteiger partial charge in [-0.15, -0.1) is 0 Å². The maximum atomic E-state index is 13.6. The van der Waals surface area contributed by atoms with Crippen LogP contribution in [0.1, 0.15) is 47.3 Å². The molecule has 1 aliphatic rings. The van der Waals surface area contributed by atoms with Crippen molar-refractivity contribution in [2.75, 3.05) is 12.4 Å². The van der Waals surface area contributed by atoms with Crippen molar-refractivity contribution < 1.29 is 19.2 Å². The molecule has 0 saturated carbocycles. The first kappa shape index (κ1) is 21.8. The zero-order valence-corrected chi connectivity index (χ0v) is 18.1.